The topological polar surface area (TPSA) is 23.8 Å². The first-order chi connectivity index (χ1) is 6.19. The van der Waals surface area contributed by atoms with Crippen molar-refractivity contribution >= 4 is 11.8 Å². The number of hydrogen-bond donors (Lipinski definition) is 0. The molecule has 0 saturated carbocycles. The van der Waals surface area contributed by atoms with Crippen LogP contribution in [0, 0.1) is 11.3 Å². The summed E-state index contributed by atoms with van der Waals surface area (Å²) in [4.78, 5) is 1.15. The predicted octanol–water partition coefficient (Wildman–Crippen LogP) is 3.40. The maximum absolute atomic E-state index is 8.93. The first-order valence-corrected chi connectivity index (χ1v) is 5.49. The van der Waals surface area contributed by atoms with E-state index < -0.39 is 0 Å². The number of hydrogen-bond acceptors (Lipinski definition) is 2. The summed E-state index contributed by atoms with van der Waals surface area (Å²) in [6, 6.07) is 8.32. The third-order valence-corrected chi connectivity index (χ3v) is 2.73. The first kappa shape index (κ1) is 10.1. The van der Waals surface area contributed by atoms with E-state index in [1.807, 2.05) is 12.3 Å². The van der Waals surface area contributed by atoms with Crippen molar-refractivity contribution in [3.8, 4) is 6.07 Å². The Labute approximate surface area is 83.8 Å². The summed E-state index contributed by atoms with van der Waals surface area (Å²) in [6.45, 7) is 4.21. The minimum atomic E-state index is 0.422. The average Bonchev–Trinajstić information content (AvgIpc) is 2.16. The van der Waals surface area contributed by atoms with Gasteiger partial charge in [-0.05, 0) is 29.9 Å². The third kappa shape index (κ3) is 2.26. The van der Waals surface area contributed by atoms with Gasteiger partial charge in [-0.25, -0.2) is 0 Å². The molecule has 0 fully saturated rings. The zero-order chi connectivity index (χ0) is 9.84. The van der Waals surface area contributed by atoms with E-state index >= 15 is 0 Å². The molecule has 0 atom stereocenters. The average molecular weight is 191 g/mol. The predicted molar refractivity (Wildman–Crippen MR) is 57.0 cm³/mol. The second kappa shape index (κ2) is 4.34. The fourth-order valence-corrected chi connectivity index (χ4v) is 1.70. The van der Waals surface area contributed by atoms with Crippen LogP contribution in [-0.4, -0.2) is 6.26 Å². The van der Waals surface area contributed by atoms with Gasteiger partial charge in [-0.2, -0.15) is 5.26 Å². The van der Waals surface area contributed by atoms with Crippen molar-refractivity contribution in [1.82, 2.24) is 0 Å². The largest absolute Gasteiger partial charge is 0.192 e. The van der Waals surface area contributed by atoms with Crippen LogP contribution in [0.15, 0.2) is 23.1 Å². The summed E-state index contributed by atoms with van der Waals surface area (Å²) in [5.74, 6) is 0.422. The molecule has 0 radical (unpaired) electrons. The lowest BCUT2D eigenvalue weighted by molar-refractivity contribution is 0.860. The Morgan fingerprint density at radius 1 is 1.38 bits per heavy atom. The van der Waals surface area contributed by atoms with Gasteiger partial charge in [-0.3, -0.25) is 0 Å². The molecule has 0 spiro atoms. The first-order valence-electron chi connectivity index (χ1n) is 4.27. The molecule has 0 heterocycles. The number of thioether (sulfide) groups is 1. The SMILES string of the molecule is CSc1ccc(C(C)C)c(C#N)c1. The summed E-state index contributed by atoms with van der Waals surface area (Å²) >= 11 is 1.67. The molecule has 0 saturated heterocycles. The molecule has 0 bridgehead atoms. The van der Waals surface area contributed by atoms with Crippen LogP contribution in [0.2, 0.25) is 0 Å². The van der Waals surface area contributed by atoms with E-state index in [2.05, 4.69) is 32.0 Å². The van der Waals surface area contributed by atoms with Crippen LogP contribution in [0.4, 0.5) is 0 Å². The van der Waals surface area contributed by atoms with Gasteiger partial charge in [-0.15, -0.1) is 11.8 Å². The maximum atomic E-state index is 8.93. The Kier molecular flexibility index (Phi) is 3.39. The van der Waals surface area contributed by atoms with E-state index in [0.717, 1.165) is 16.0 Å². The van der Waals surface area contributed by atoms with E-state index in [-0.39, 0.29) is 0 Å². The normalized spacial score (nSPS) is 10.1. The van der Waals surface area contributed by atoms with E-state index in [9.17, 15) is 0 Å². The molecule has 0 aromatic heterocycles. The van der Waals surface area contributed by atoms with Crippen LogP contribution in [0.3, 0.4) is 0 Å². The monoisotopic (exact) mass is 191 g/mol. The molecule has 13 heavy (non-hydrogen) atoms. The summed E-state index contributed by atoms with van der Waals surface area (Å²) in [7, 11) is 0. The Morgan fingerprint density at radius 3 is 2.54 bits per heavy atom. The molecular formula is C11H13NS. The number of nitriles is 1. The van der Waals surface area contributed by atoms with Crippen molar-refractivity contribution < 1.29 is 0 Å². The van der Waals surface area contributed by atoms with E-state index in [0.29, 0.717) is 5.92 Å². The van der Waals surface area contributed by atoms with Crippen molar-refractivity contribution in [2.24, 2.45) is 0 Å². The molecule has 2 heteroatoms. The standard InChI is InChI=1S/C11H13NS/c1-8(2)11-5-4-10(13-3)6-9(11)7-12/h4-6,8H,1-3H3. The Balaban J connectivity index is 3.18. The summed E-state index contributed by atoms with van der Waals surface area (Å²) < 4.78 is 0. The third-order valence-electron chi connectivity index (χ3n) is 2.00. The number of nitrogens with zero attached hydrogens (tertiary/aromatic N) is 1. The lowest BCUT2D eigenvalue weighted by Crippen LogP contribution is -1.92. The molecule has 1 rings (SSSR count). The maximum Gasteiger partial charge on any atom is 0.0995 e. The molecule has 0 amide bonds. The van der Waals surface area contributed by atoms with E-state index in [1.54, 1.807) is 11.8 Å². The highest BCUT2D eigenvalue weighted by Gasteiger charge is 2.06. The molecule has 0 aliphatic carbocycles. The zero-order valence-corrected chi connectivity index (χ0v) is 8.98. The van der Waals surface area contributed by atoms with E-state index in [1.165, 1.54) is 0 Å². The second-order valence-corrected chi connectivity index (χ2v) is 4.10. The van der Waals surface area contributed by atoms with Crippen LogP contribution in [0.25, 0.3) is 0 Å². The number of benzene rings is 1. The van der Waals surface area contributed by atoms with Gasteiger partial charge in [0, 0.05) is 4.90 Å². The van der Waals surface area contributed by atoms with Crippen LogP contribution < -0.4 is 0 Å². The minimum absolute atomic E-state index is 0.422. The van der Waals surface area contributed by atoms with Crippen molar-refractivity contribution in [2.75, 3.05) is 6.26 Å². The lowest BCUT2D eigenvalue weighted by atomic mass is 9.98. The Hall–Kier alpha value is -0.940. The zero-order valence-electron chi connectivity index (χ0n) is 8.16. The molecular weight excluding hydrogens is 178 g/mol. The van der Waals surface area contributed by atoms with Gasteiger partial charge in [0.15, 0.2) is 0 Å². The highest BCUT2D eigenvalue weighted by atomic mass is 32.2. The molecule has 1 aromatic carbocycles. The van der Waals surface area contributed by atoms with Crippen LogP contribution in [0.1, 0.15) is 30.9 Å². The molecule has 0 aliphatic heterocycles. The van der Waals surface area contributed by atoms with Crippen LogP contribution in [-0.2, 0) is 0 Å². The van der Waals surface area contributed by atoms with Gasteiger partial charge >= 0.3 is 0 Å². The van der Waals surface area contributed by atoms with E-state index in [4.69, 9.17) is 5.26 Å². The highest BCUT2D eigenvalue weighted by Crippen LogP contribution is 2.23. The summed E-state index contributed by atoms with van der Waals surface area (Å²) in [5, 5.41) is 8.93. The van der Waals surface area contributed by atoms with Crippen molar-refractivity contribution in [1.29, 1.82) is 5.26 Å². The van der Waals surface area contributed by atoms with Crippen molar-refractivity contribution in [3.05, 3.63) is 29.3 Å². The second-order valence-electron chi connectivity index (χ2n) is 3.22. The van der Waals surface area contributed by atoms with Gasteiger partial charge in [-0.1, -0.05) is 19.9 Å². The summed E-state index contributed by atoms with van der Waals surface area (Å²) in [6.07, 6.45) is 2.02. The molecule has 0 aliphatic rings. The Bertz CT molecular complexity index is 336. The smallest absolute Gasteiger partial charge is 0.0995 e. The molecule has 0 N–H and O–H groups in total. The molecule has 0 unspecified atom stereocenters. The van der Waals surface area contributed by atoms with Gasteiger partial charge in [0.1, 0.15) is 0 Å². The molecule has 1 nitrogen and oxygen atoms in total. The lowest BCUT2D eigenvalue weighted by Gasteiger charge is -2.08. The minimum Gasteiger partial charge on any atom is -0.192 e. The fourth-order valence-electron chi connectivity index (χ4n) is 1.26. The van der Waals surface area contributed by atoms with Gasteiger partial charge in [0.2, 0.25) is 0 Å². The van der Waals surface area contributed by atoms with Crippen LogP contribution >= 0.6 is 11.8 Å². The van der Waals surface area contributed by atoms with Crippen molar-refractivity contribution in [3.63, 3.8) is 0 Å². The van der Waals surface area contributed by atoms with Gasteiger partial charge in [0.25, 0.3) is 0 Å². The Morgan fingerprint density at radius 2 is 2.08 bits per heavy atom. The quantitative estimate of drug-likeness (QED) is 0.669. The van der Waals surface area contributed by atoms with Crippen LogP contribution in [0.5, 0.6) is 0 Å². The highest BCUT2D eigenvalue weighted by molar-refractivity contribution is 7.98. The fraction of sp³-hybridized carbons (Fsp3) is 0.364. The molecule has 68 valence electrons. The van der Waals surface area contributed by atoms with Gasteiger partial charge in [0.05, 0.1) is 11.6 Å². The summed E-state index contributed by atoms with van der Waals surface area (Å²) in [5.41, 5.74) is 1.95. The molecule has 1 aromatic rings. The number of rotatable bonds is 2. The van der Waals surface area contributed by atoms with Crippen molar-refractivity contribution in [2.45, 2.75) is 24.7 Å². The van der Waals surface area contributed by atoms with Gasteiger partial charge < -0.3 is 0 Å².